The molecule has 0 atom stereocenters. The van der Waals surface area contributed by atoms with Crippen molar-refractivity contribution in [3.63, 3.8) is 0 Å². The number of methoxy groups -OCH3 is 1. The Labute approximate surface area is 102 Å². The molecule has 5 nitrogen and oxygen atoms in total. The van der Waals surface area contributed by atoms with Gasteiger partial charge in [-0.3, -0.25) is 0 Å². The van der Waals surface area contributed by atoms with Gasteiger partial charge in [-0.05, 0) is 27.7 Å². The zero-order valence-electron chi connectivity index (χ0n) is 11.1. The molecule has 5 heteroatoms. The average Bonchev–Trinajstić information content (AvgIpc) is 2.58. The lowest BCUT2D eigenvalue weighted by atomic mass is 10.2. The maximum atomic E-state index is 11.5. The Bertz CT molecular complexity index is 391. The third-order valence-electron chi connectivity index (χ3n) is 2.30. The Balaban J connectivity index is 2.70. The zero-order chi connectivity index (χ0) is 13.1. The molecule has 1 rings (SSSR count). The molecule has 17 heavy (non-hydrogen) atoms. The van der Waals surface area contributed by atoms with Gasteiger partial charge in [0.05, 0.1) is 25.5 Å². The predicted octanol–water partition coefficient (Wildman–Crippen LogP) is 1.79. The molecule has 0 fully saturated rings. The maximum Gasteiger partial charge on any atom is 0.356 e. The van der Waals surface area contributed by atoms with Gasteiger partial charge in [0.1, 0.15) is 11.5 Å². The minimum atomic E-state index is -0.374. The first-order valence-electron chi connectivity index (χ1n) is 5.59. The first-order valence-corrected chi connectivity index (χ1v) is 5.59. The van der Waals surface area contributed by atoms with Gasteiger partial charge < -0.3 is 14.0 Å². The number of esters is 1. The number of carbonyl (C=O) groups excluding carboxylic acids is 1. The fourth-order valence-corrected chi connectivity index (χ4v) is 1.46. The van der Waals surface area contributed by atoms with Crippen molar-refractivity contribution in [3.05, 3.63) is 17.7 Å². The van der Waals surface area contributed by atoms with Crippen molar-refractivity contribution in [2.45, 2.75) is 39.8 Å². The number of carbonyl (C=O) groups is 1. The van der Waals surface area contributed by atoms with Gasteiger partial charge in [-0.25, -0.2) is 9.78 Å². The van der Waals surface area contributed by atoms with Gasteiger partial charge in [-0.15, -0.1) is 0 Å². The number of aryl methyl sites for hydroxylation is 1. The molecule has 0 amide bonds. The van der Waals surface area contributed by atoms with E-state index in [2.05, 4.69) is 4.98 Å². The molecule has 0 bridgehead atoms. The first kappa shape index (κ1) is 13.7. The third-order valence-corrected chi connectivity index (χ3v) is 2.30. The van der Waals surface area contributed by atoms with Gasteiger partial charge >= 0.3 is 5.97 Å². The maximum absolute atomic E-state index is 11.5. The summed E-state index contributed by atoms with van der Waals surface area (Å²) in [6.45, 7) is 8.96. The van der Waals surface area contributed by atoms with Crippen LogP contribution in [0.15, 0.2) is 6.20 Å². The van der Waals surface area contributed by atoms with Crippen LogP contribution < -0.4 is 0 Å². The molecule has 1 heterocycles. The van der Waals surface area contributed by atoms with E-state index in [9.17, 15) is 4.79 Å². The molecule has 0 radical (unpaired) electrons. The average molecular weight is 240 g/mol. The summed E-state index contributed by atoms with van der Waals surface area (Å²) in [5, 5.41) is 0. The summed E-state index contributed by atoms with van der Waals surface area (Å²) in [5.41, 5.74) is 0.280. The number of nitrogens with zero attached hydrogens (tertiary/aromatic N) is 2. The van der Waals surface area contributed by atoms with Crippen LogP contribution in [-0.4, -0.2) is 34.8 Å². The van der Waals surface area contributed by atoms with Crippen LogP contribution >= 0.6 is 0 Å². The second-order valence-electron chi connectivity index (χ2n) is 4.79. The Morgan fingerprint density at radius 1 is 1.47 bits per heavy atom. The summed E-state index contributed by atoms with van der Waals surface area (Å²) in [4.78, 5) is 15.6. The lowest BCUT2D eigenvalue weighted by Gasteiger charge is -2.20. The highest BCUT2D eigenvalue weighted by molar-refractivity contribution is 5.87. The van der Waals surface area contributed by atoms with Crippen molar-refractivity contribution in [1.29, 1.82) is 0 Å². The lowest BCUT2D eigenvalue weighted by Crippen LogP contribution is -2.23. The van der Waals surface area contributed by atoms with Gasteiger partial charge in [0, 0.05) is 6.54 Å². The molecule has 0 unspecified atom stereocenters. The van der Waals surface area contributed by atoms with E-state index in [4.69, 9.17) is 9.47 Å². The number of hydrogen-bond acceptors (Lipinski definition) is 4. The zero-order valence-corrected chi connectivity index (χ0v) is 11.1. The number of ether oxygens (including phenoxy) is 2. The smallest absolute Gasteiger partial charge is 0.356 e. The van der Waals surface area contributed by atoms with E-state index < -0.39 is 0 Å². The van der Waals surface area contributed by atoms with E-state index in [0.717, 1.165) is 5.82 Å². The number of rotatable bonds is 4. The Hall–Kier alpha value is -1.36. The van der Waals surface area contributed by atoms with Gasteiger partial charge in [-0.1, -0.05) is 0 Å². The molecule has 0 N–H and O–H groups in total. The normalized spacial score (nSPS) is 11.6. The van der Waals surface area contributed by atoms with E-state index in [1.807, 2.05) is 27.7 Å². The standard InChI is InChI=1S/C12H20N2O3/c1-9-13-8-10(11(15)16-5)14(9)6-7-17-12(2,3)4/h8H,6-7H2,1-5H3. The summed E-state index contributed by atoms with van der Waals surface area (Å²) in [6, 6.07) is 0. The molecule has 0 saturated carbocycles. The summed E-state index contributed by atoms with van der Waals surface area (Å²) in [6.07, 6.45) is 1.53. The summed E-state index contributed by atoms with van der Waals surface area (Å²) < 4.78 is 12.1. The van der Waals surface area contributed by atoms with Crippen LogP contribution in [0.5, 0.6) is 0 Å². The molecule has 0 spiro atoms. The van der Waals surface area contributed by atoms with Crippen LogP contribution in [0.3, 0.4) is 0 Å². The first-order chi connectivity index (χ1) is 7.85. The van der Waals surface area contributed by atoms with Crippen molar-refractivity contribution in [2.75, 3.05) is 13.7 Å². The highest BCUT2D eigenvalue weighted by Gasteiger charge is 2.16. The fourth-order valence-electron chi connectivity index (χ4n) is 1.46. The fraction of sp³-hybridized carbons (Fsp3) is 0.667. The molecule has 0 saturated heterocycles. The SMILES string of the molecule is COC(=O)c1cnc(C)n1CCOC(C)(C)C. The van der Waals surface area contributed by atoms with Crippen LogP contribution in [0.1, 0.15) is 37.1 Å². The summed E-state index contributed by atoms with van der Waals surface area (Å²) >= 11 is 0. The molecule has 0 aliphatic carbocycles. The highest BCUT2D eigenvalue weighted by atomic mass is 16.5. The second-order valence-corrected chi connectivity index (χ2v) is 4.79. The second kappa shape index (κ2) is 5.31. The quantitative estimate of drug-likeness (QED) is 0.753. The molecule has 0 aliphatic rings. The molecule has 0 aliphatic heterocycles. The van der Waals surface area contributed by atoms with Crippen LogP contribution in [0.2, 0.25) is 0 Å². The Morgan fingerprint density at radius 3 is 2.65 bits per heavy atom. The predicted molar refractivity (Wildman–Crippen MR) is 64.0 cm³/mol. The number of aromatic nitrogens is 2. The van der Waals surface area contributed by atoms with Crippen molar-refractivity contribution in [3.8, 4) is 0 Å². The van der Waals surface area contributed by atoms with Crippen molar-refractivity contribution in [1.82, 2.24) is 9.55 Å². The van der Waals surface area contributed by atoms with Gasteiger partial charge in [0.15, 0.2) is 0 Å². The van der Waals surface area contributed by atoms with Crippen molar-refractivity contribution < 1.29 is 14.3 Å². The van der Waals surface area contributed by atoms with E-state index in [1.165, 1.54) is 13.3 Å². The molecular weight excluding hydrogens is 220 g/mol. The molecule has 1 aromatic heterocycles. The molecular formula is C12H20N2O3. The van der Waals surface area contributed by atoms with Gasteiger partial charge in [0.25, 0.3) is 0 Å². The van der Waals surface area contributed by atoms with Crippen molar-refractivity contribution >= 4 is 5.97 Å². The molecule has 96 valence electrons. The van der Waals surface area contributed by atoms with Gasteiger partial charge in [-0.2, -0.15) is 0 Å². The largest absolute Gasteiger partial charge is 0.464 e. The molecule has 0 aromatic carbocycles. The topological polar surface area (TPSA) is 53.3 Å². The molecule has 1 aromatic rings. The van der Waals surface area contributed by atoms with E-state index in [0.29, 0.717) is 18.8 Å². The Kier molecular flexibility index (Phi) is 4.28. The lowest BCUT2D eigenvalue weighted by molar-refractivity contribution is -0.00730. The summed E-state index contributed by atoms with van der Waals surface area (Å²) in [5.74, 6) is 0.407. The number of hydrogen-bond donors (Lipinski definition) is 0. The van der Waals surface area contributed by atoms with E-state index >= 15 is 0 Å². The number of imidazole rings is 1. The monoisotopic (exact) mass is 240 g/mol. The minimum Gasteiger partial charge on any atom is -0.464 e. The van der Waals surface area contributed by atoms with Gasteiger partial charge in [0.2, 0.25) is 0 Å². The summed E-state index contributed by atoms with van der Waals surface area (Å²) in [7, 11) is 1.36. The highest BCUT2D eigenvalue weighted by Crippen LogP contribution is 2.09. The van der Waals surface area contributed by atoms with Crippen LogP contribution in [0.25, 0.3) is 0 Å². The van der Waals surface area contributed by atoms with Crippen LogP contribution in [-0.2, 0) is 16.0 Å². The van der Waals surface area contributed by atoms with Crippen LogP contribution in [0, 0.1) is 6.92 Å². The van der Waals surface area contributed by atoms with Crippen LogP contribution in [0.4, 0.5) is 0 Å². The van der Waals surface area contributed by atoms with E-state index in [1.54, 1.807) is 4.57 Å². The minimum absolute atomic E-state index is 0.181. The Morgan fingerprint density at radius 2 is 2.12 bits per heavy atom. The third kappa shape index (κ3) is 3.85. The van der Waals surface area contributed by atoms with Crippen molar-refractivity contribution in [2.24, 2.45) is 0 Å². The van der Waals surface area contributed by atoms with E-state index in [-0.39, 0.29) is 11.6 Å².